The Morgan fingerprint density at radius 1 is 1.32 bits per heavy atom. The van der Waals surface area contributed by atoms with Gasteiger partial charge in [-0.05, 0) is 24.3 Å². The lowest BCUT2D eigenvalue weighted by atomic mass is 10.1. The first-order valence-corrected chi connectivity index (χ1v) is 5.99. The molecule has 1 aromatic heterocycles. The Hall–Kier alpha value is -1.85. The molecule has 0 aliphatic rings. The number of carboxylic acids is 1. The van der Waals surface area contributed by atoms with Crippen LogP contribution < -0.4 is 5.56 Å². The molecule has 0 amide bonds. The third-order valence-corrected chi connectivity index (χ3v) is 2.98. The smallest absolute Gasteiger partial charge is 0.308 e. The van der Waals surface area contributed by atoms with E-state index in [1.165, 1.54) is 6.07 Å². The standard InChI is InChI=1S/C12H8Cl2N2O3/c13-7-1-2-8(9(14)5-7)10-3-6(4-11(17)18)12(19)16-15-10/h1-3,5H,4H2,(H,16,19)(H,17,18). The number of halogens is 2. The minimum Gasteiger partial charge on any atom is -0.481 e. The predicted octanol–water partition coefficient (Wildman–Crippen LogP) is 2.37. The van der Waals surface area contributed by atoms with Crippen molar-refractivity contribution in [2.75, 3.05) is 0 Å². The van der Waals surface area contributed by atoms with Crippen molar-refractivity contribution in [1.29, 1.82) is 0 Å². The molecule has 0 radical (unpaired) electrons. The Balaban J connectivity index is 2.51. The maximum absolute atomic E-state index is 11.4. The van der Waals surface area contributed by atoms with Crippen LogP contribution in [0.4, 0.5) is 0 Å². The third kappa shape index (κ3) is 3.13. The van der Waals surface area contributed by atoms with E-state index in [1.807, 2.05) is 0 Å². The average molecular weight is 299 g/mol. The second-order valence-corrected chi connectivity index (χ2v) is 4.65. The van der Waals surface area contributed by atoms with E-state index in [2.05, 4.69) is 10.2 Å². The van der Waals surface area contributed by atoms with Gasteiger partial charge < -0.3 is 5.11 Å². The predicted molar refractivity (Wildman–Crippen MR) is 71.7 cm³/mol. The molecule has 0 atom stereocenters. The van der Waals surface area contributed by atoms with Crippen LogP contribution in [0.2, 0.25) is 10.0 Å². The number of benzene rings is 1. The normalized spacial score (nSPS) is 10.4. The molecule has 5 nitrogen and oxygen atoms in total. The van der Waals surface area contributed by atoms with Crippen LogP contribution in [0, 0.1) is 0 Å². The molecule has 19 heavy (non-hydrogen) atoms. The second kappa shape index (κ2) is 5.42. The Morgan fingerprint density at radius 2 is 2.05 bits per heavy atom. The Bertz CT molecular complexity index is 698. The van der Waals surface area contributed by atoms with Gasteiger partial charge in [0, 0.05) is 16.1 Å². The van der Waals surface area contributed by atoms with E-state index in [0.29, 0.717) is 21.3 Å². The van der Waals surface area contributed by atoms with Crippen molar-refractivity contribution in [3.63, 3.8) is 0 Å². The van der Waals surface area contributed by atoms with Crippen LogP contribution in [0.25, 0.3) is 11.3 Å². The van der Waals surface area contributed by atoms with Gasteiger partial charge in [0.2, 0.25) is 0 Å². The number of nitrogens with zero attached hydrogens (tertiary/aromatic N) is 1. The molecule has 0 aliphatic carbocycles. The molecule has 2 aromatic rings. The van der Waals surface area contributed by atoms with Gasteiger partial charge in [0.25, 0.3) is 5.56 Å². The fraction of sp³-hybridized carbons (Fsp3) is 0.0833. The van der Waals surface area contributed by atoms with Crippen molar-refractivity contribution >= 4 is 29.2 Å². The molecular formula is C12H8Cl2N2O3. The molecule has 0 aliphatic heterocycles. The number of hydrogen-bond donors (Lipinski definition) is 2. The Labute approximate surface area is 117 Å². The number of carboxylic acid groups (broad SMARTS) is 1. The minimum atomic E-state index is -1.09. The molecule has 0 saturated heterocycles. The van der Waals surface area contributed by atoms with Gasteiger partial charge in [-0.15, -0.1) is 0 Å². The molecule has 2 rings (SSSR count). The summed E-state index contributed by atoms with van der Waals surface area (Å²) in [5, 5.41) is 15.7. The lowest BCUT2D eigenvalue weighted by Gasteiger charge is -2.05. The molecule has 1 aromatic carbocycles. The number of aliphatic carboxylic acids is 1. The average Bonchev–Trinajstić information content (AvgIpc) is 2.32. The first-order chi connectivity index (χ1) is 8.97. The maximum atomic E-state index is 11.4. The van der Waals surface area contributed by atoms with E-state index < -0.39 is 11.5 Å². The van der Waals surface area contributed by atoms with Crippen LogP contribution in [-0.4, -0.2) is 21.3 Å². The monoisotopic (exact) mass is 298 g/mol. The number of carbonyl (C=O) groups is 1. The minimum absolute atomic E-state index is 0.114. The van der Waals surface area contributed by atoms with Crippen LogP contribution in [0.5, 0.6) is 0 Å². The van der Waals surface area contributed by atoms with Gasteiger partial charge in [-0.25, -0.2) is 5.10 Å². The first-order valence-electron chi connectivity index (χ1n) is 5.23. The molecule has 98 valence electrons. The van der Waals surface area contributed by atoms with E-state index in [1.54, 1.807) is 18.2 Å². The van der Waals surface area contributed by atoms with Crippen LogP contribution in [0.1, 0.15) is 5.56 Å². The molecule has 0 unspecified atom stereocenters. The van der Waals surface area contributed by atoms with Gasteiger partial charge in [0.15, 0.2) is 0 Å². The highest BCUT2D eigenvalue weighted by Crippen LogP contribution is 2.28. The number of hydrogen-bond acceptors (Lipinski definition) is 3. The summed E-state index contributed by atoms with van der Waals surface area (Å²) in [6.45, 7) is 0. The number of aromatic amines is 1. The zero-order chi connectivity index (χ0) is 14.0. The highest BCUT2D eigenvalue weighted by molar-refractivity contribution is 6.36. The van der Waals surface area contributed by atoms with Gasteiger partial charge in [-0.1, -0.05) is 23.2 Å². The lowest BCUT2D eigenvalue weighted by Crippen LogP contribution is -2.17. The van der Waals surface area contributed by atoms with E-state index >= 15 is 0 Å². The summed E-state index contributed by atoms with van der Waals surface area (Å²) in [6, 6.07) is 6.23. The number of nitrogens with one attached hydrogen (secondary N) is 1. The zero-order valence-electron chi connectivity index (χ0n) is 9.48. The van der Waals surface area contributed by atoms with Crippen molar-refractivity contribution in [2.24, 2.45) is 0 Å². The fourth-order valence-electron chi connectivity index (χ4n) is 1.58. The number of H-pyrrole nitrogens is 1. The van der Waals surface area contributed by atoms with Crippen molar-refractivity contribution < 1.29 is 9.90 Å². The Kier molecular flexibility index (Phi) is 3.87. The third-order valence-electron chi connectivity index (χ3n) is 2.43. The van der Waals surface area contributed by atoms with Crippen LogP contribution >= 0.6 is 23.2 Å². The topological polar surface area (TPSA) is 83.0 Å². The summed E-state index contributed by atoms with van der Waals surface area (Å²) in [5.74, 6) is -1.09. The summed E-state index contributed by atoms with van der Waals surface area (Å²) >= 11 is 11.8. The van der Waals surface area contributed by atoms with Crippen molar-refractivity contribution in [3.8, 4) is 11.3 Å². The van der Waals surface area contributed by atoms with Gasteiger partial charge in [0.1, 0.15) is 0 Å². The Morgan fingerprint density at radius 3 is 2.68 bits per heavy atom. The van der Waals surface area contributed by atoms with E-state index in [-0.39, 0.29) is 12.0 Å². The number of aromatic nitrogens is 2. The van der Waals surface area contributed by atoms with Crippen molar-refractivity contribution in [3.05, 3.63) is 50.2 Å². The van der Waals surface area contributed by atoms with Gasteiger partial charge in [-0.2, -0.15) is 5.10 Å². The summed E-state index contributed by atoms with van der Waals surface area (Å²) in [4.78, 5) is 22.1. The molecule has 7 heteroatoms. The highest BCUT2D eigenvalue weighted by atomic mass is 35.5. The molecule has 0 bridgehead atoms. The first kappa shape index (κ1) is 13.6. The largest absolute Gasteiger partial charge is 0.481 e. The number of rotatable bonds is 3. The molecule has 0 fully saturated rings. The quantitative estimate of drug-likeness (QED) is 0.911. The summed E-state index contributed by atoms with van der Waals surface area (Å²) in [5.41, 5.74) is 0.534. The van der Waals surface area contributed by atoms with Crippen molar-refractivity contribution in [2.45, 2.75) is 6.42 Å². The van der Waals surface area contributed by atoms with E-state index in [9.17, 15) is 9.59 Å². The summed E-state index contributed by atoms with van der Waals surface area (Å²) in [7, 11) is 0. The molecule has 0 spiro atoms. The van der Waals surface area contributed by atoms with Crippen LogP contribution in [-0.2, 0) is 11.2 Å². The second-order valence-electron chi connectivity index (χ2n) is 3.80. The SMILES string of the molecule is O=C(O)Cc1cc(-c2ccc(Cl)cc2Cl)n[nH]c1=O. The molecule has 1 heterocycles. The summed E-state index contributed by atoms with van der Waals surface area (Å²) < 4.78 is 0. The molecule has 0 saturated carbocycles. The molecule has 2 N–H and O–H groups in total. The van der Waals surface area contributed by atoms with Crippen molar-refractivity contribution in [1.82, 2.24) is 10.2 Å². The summed E-state index contributed by atoms with van der Waals surface area (Å²) in [6.07, 6.45) is -0.379. The molecular weight excluding hydrogens is 291 g/mol. The van der Waals surface area contributed by atoms with E-state index in [4.69, 9.17) is 28.3 Å². The maximum Gasteiger partial charge on any atom is 0.308 e. The zero-order valence-corrected chi connectivity index (χ0v) is 11.0. The highest BCUT2D eigenvalue weighted by Gasteiger charge is 2.11. The fourth-order valence-corrected chi connectivity index (χ4v) is 2.08. The van der Waals surface area contributed by atoms with Gasteiger partial charge >= 0.3 is 5.97 Å². The van der Waals surface area contributed by atoms with E-state index in [0.717, 1.165) is 0 Å². The van der Waals surface area contributed by atoms with Gasteiger partial charge in [0.05, 0.1) is 17.1 Å². The van der Waals surface area contributed by atoms with Gasteiger partial charge in [-0.3, -0.25) is 9.59 Å². The van der Waals surface area contributed by atoms with Crippen LogP contribution in [0.3, 0.4) is 0 Å². The lowest BCUT2D eigenvalue weighted by molar-refractivity contribution is -0.136. The van der Waals surface area contributed by atoms with Crippen LogP contribution in [0.15, 0.2) is 29.1 Å².